The summed E-state index contributed by atoms with van der Waals surface area (Å²) in [5, 5.41) is 2.77. The van der Waals surface area contributed by atoms with E-state index in [0.717, 1.165) is 12.0 Å². The number of nitrogens with zero attached hydrogens (tertiary/aromatic N) is 1. The van der Waals surface area contributed by atoms with Crippen LogP contribution in [0.5, 0.6) is 11.6 Å². The third kappa shape index (κ3) is 5.34. The summed E-state index contributed by atoms with van der Waals surface area (Å²) in [6, 6.07) is 8.71. The average Bonchev–Trinajstić information content (AvgIpc) is 2.56. The van der Waals surface area contributed by atoms with Gasteiger partial charge in [0.15, 0.2) is 0 Å². The lowest BCUT2D eigenvalue weighted by Gasteiger charge is -2.11. The zero-order valence-corrected chi connectivity index (χ0v) is 13.0. The standard InChI is InChI=1S/C17H20FN3O2/c1-2-3-15(19)17(22)21-11-12-4-9-16(20-10-12)23-14-7-5-13(18)6-8-14/h4-10,15H,2-3,11,19H2,1H3,(H,21,22). The van der Waals surface area contributed by atoms with Crippen LogP contribution >= 0.6 is 0 Å². The van der Waals surface area contributed by atoms with Crippen molar-refractivity contribution in [2.24, 2.45) is 5.73 Å². The number of aromatic nitrogens is 1. The Labute approximate surface area is 134 Å². The van der Waals surface area contributed by atoms with Gasteiger partial charge in [-0.1, -0.05) is 19.4 Å². The summed E-state index contributed by atoms with van der Waals surface area (Å²) in [7, 11) is 0. The van der Waals surface area contributed by atoms with Crippen molar-refractivity contribution in [2.45, 2.75) is 32.4 Å². The molecule has 23 heavy (non-hydrogen) atoms. The van der Waals surface area contributed by atoms with Crippen LogP contribution in [0.3, 0.4) is 0 Å². The molecule has 5 nitrogen and oxygen atoms in total. The Morgan fingerprint density at radius 2 is 2.04 bits per heavy atom. The summed E-state index contributed by atoms with van der Waals surface area (Å²) in [6.45, 7) is 2.34. The van der Waals surface area contributed by atoms with Gasteiger partial charge < -0.3 is 15.8 Å². The number of nitrogens with one attached hydrogen (secondary N) is 1. The number of pyridine rings is 1. The number of ether oxygens (including phenoxy) is 1. The second-order valence-corrected chi connectivity index (χ2v) is 5.17. The van der Waals surface area contributed by atoms with Gasteiger partial charge in [0.1, 0.15) is 11.6 Å². The minimum Gasteiger partial charge on any atom is -0.439 e. The average molecular weight is 317 g/mol. The van der Waals surface area contributed by atoms with E-state index in [0.29, 0.717) is 24.6 Å². The Hall–Kier alpha value is -2.47. The van der Waals surface area contributed by atoms with Crippen molar-refractivity contribution < 1.29 is 13.9 Å². The Bertz CT molecular complexity index is 629. The maximum absolute atomic E-state index is 12.8. The van der Waals surface area contributed by atoms with E-state index in [4.69, 9.17) is 10.5 Å². The first-order valence-electron chi connectivity index (χ1n) is 7.50. The van der Waals surface area contributed by atoms with Gasteiger partial charge in [-0.25, -0.2) is 9.37 Å². The number of carbonyl (C=O) groups excluding carboxylic acids is 1. The number of hydrogen-bond acceptors (Lipinski definition) is 4. The topological polar surface area (TPSA) is 77.2 Å². The van der Waals surface area contributed by atoms with E-state index in [-0.39, 0.29) is 11.7 Å². The molecule has 0 bridgehead atoms. The summed E-state index contributed by atoms with van der Waals surface area (Å²) >= 11 is 0. The van der Waals surface area contributed by atoms with E-state index in [2.05, 4.69) is 10.3 Å². The molecule has 6 heteroatoms. The van der Waals surface area contributed by atoms with Crippen LogP contribution < -0.4 is 15.8 Å². The maximum Gasteiger partial charge on any atom is 0.237 e. The number of benzene rings is 1. The van der Waals surface area contributed by atoms with Crippen molar-refractivity contribution in [2.75, 3.05) is 0 Å². The number of amides is 1. The molecule has 3 N–H and O–H groups in total. The van der Waals surface area contributed by atoms with Gasteiger partial charge in [-0.3, -0.25) is 4.79 Å². The second kappa shape index (κ2) is 8.24. The van der Waals surface area contributed by atoms with Crippen LogP contribution in [0.25, 0.3) is 0 Å². The van der Waals surface area contributed by atoms with Crippen LogP contribution in [0.2, 0.25) is 0 Å². The van der Waals surface area contributed by atoms with Crippen molar-refractivity contribution in [3.63, 3.8) is 0 Å². The van der Waals surface area contributed by atoms with Gasteiger partial charge in [0.05, 0.1) is 6.04 Å². The van der Waals surface area contributed by atoms with Crippen molar-refractivity contribution in [3.8, 4) is 11.6 Å². The third-order valence-electron chi connectivity index (χ3n) is 3.24. The van der Waals surface area contributed by atoms with Crippen LogP contribution in [0.4, 0.5) is 4.39 Å². The van der Waals surface area contributed by atoms with Gasteiger partial charge in [-0.05, 0) is 36.2 Å². The maximum atomic E-state index is 12.8. The Morgan fingerprint density at radius 3 is 2.65 bits per heavy atom. The van der Waals surface area contributed by atoms with Gasteiger partial charge in [-0.2, -0.15) is 0 Å². The number of rotatable bonds is 7. The van der Waals surface area contributed by atoms with Crippen molar-refractivity contribution in [1.82, 2.24) is 10.3 Å². The summed E-state index contributed by atoms with van der Waals surface area (Å²) in [6.07, 6.45) is 3.14. The Morgan fingerprint density at radius 1 is 1.30 bits per heavy atom. The molecule has 1 amide bonds. The Kier molecular flexibility index (Phi) is 6.05. The fraction of sp³-hybridized carbons (Fsp3) is 0.294. The van der Waals surface area contributed by atoms with Crippen molar-refractivity contribution in [1.29, 1.82) is 0 Å². The molecule has 0 saturated heterocycles. The number of hydrogen-bond donors (Lipinski definition) is 2. The van der Waals surface area contributed by atoms with Crippen LogP contribution in [0.15, 0.2) is 42.6 Å². The van der Waals surface area contributed by atoms with Crippen LogP contribution in [0.1, 0.15) is 25.3 Å². The highest BCUT2D eigenvalue weighted by atomic mass is 19.1. The summed E-state index contributed by atoms with van der Waals surface area (Å²) in [5.74, 6) is 0.413. The van der Waals surface area contributed by atoms with E-state index < -0.39 is 6.04 Å². The summed E-state index contributed by atoms with van der Waals surface area (Å²) in [5.41, 5.74) is 6.58. The molecule has 1 heterocycles. The molecule has 0 radical (unpaired) electrons. The van der Waals surface area contributed by atoms with Gasteiger partial charge in [0.25, 0.3) is 0 Å². The zero-order chi connectivity index (χ0) is 16.7. The Balaban J connectivity index is 1.87. The molecular formula is C17H20FN3O2. The third-order valence-corrected chi connectivity index (χ3v) is 3.24. The highest BCUT2D eigenvalue weighted by molar-refractivity contribution is 5.81. The van der Waals surface area contributed by atoms with Gasteiger partial charge in [0.2, 0.25) is 11.8 Å². The summed E-state index contributed by atoms with van der Waals surface area (Å²) in [4.78, 5) is 15.9. The summed E-state index contributed by atoms with van der Waals surface area (Å²) < 4.78 is 18.3. The SMILES string of the molecule is CCCC(N)C(=O)NCc1ccc(Oc2ccc(F)cc2)nc1. The lowest BCUT2D eigenvalue weighted by atomic mass is 10.1. The van der Waals surface area contributed by atoms with Crippen LogP contribution in [-0.2, 0) is 11.3 Å². The molecule has 0 aliphatic carbocycles. The predicted molar refractivity (Wildman–Crippen MR) is 85.4 cm³/mol. The lowest BCUT2D eigenvalue weighted by molar-refractivity contribution is -0.122. The van der Waals surface area contributed by atoms with Crippen molar-refractivity contribution in [3.05, 3.63) is 54.0 Å². The van der Waals surface area contributed by atoms with E-state index in [1.165, 1.54) is 24.3 Å². The van der Waals surface area contributed by atoms with E-state index >= 15 is 0 Å². The minimum absolute atomic E-state index is 0.168. The monoisotopic (exact) mass is 317 g/mol. The lowest BCUT2D eigenvalue weighted by Crippen LogP contribution is -2.40. The molecule has 1 aromatic heterocycles. The zero-order valence-electron chi connectivity index (χ0n) is 13.0. The van der Waals surface area contributed by atoms with Crippen molar-refractivity contribution >= 4 is 5.91 Å². The molecule has 0 aliphatic rings. The molecule has 2 rings (SSSR count). The number of halogens is 1. The molecule has 2 aromatic rings. The predicted octanol–water partition coefficient (Wildman–Crippen LogP) is 2.76. The molecule has 0 saturated carbocycles. The highest BCUT2D eigenvalue weighted by Crippen LogP contribution is 2.19. The smallest absolute Gasteiger partial charge is 0.237 e. The number of nitrogens with two attached hydrogens (primary N) is 1. The first-order chi connectivity index (χ1) is 11.1. The highest BCUT2D eigenvalue weighted by Gasteiger charge is 2.11. The molecule has 0 aliphatic heterocycles. The van der Waals surface area contributed by atoms with Gasteiger partial charge >= 0.3 is 0 Å². The fourth-order valence-electron chi connectivity index (χ4n) is 1.96. The molecule has 0 spiro atoms. The van der Waals surface area contributed by atoms with E-state index in [1.54, 1.807) is 18.3 Å². The first kappa shape index (κ1) is 16.9. The molecule has 1 atom stereocenters. The molecule has 1 aromatic carbocycles. The van der Waals surface area contributed by atoms with Gasteiger partial charge in [-0.15, -0.1) is 0 Å². The normalized spacial score (nSPS) is 11.8. The van der Waals surface area contributed by atoms with Gasteiger partial charge in [0, 0.05) is 18.8 Å². The second-order valence-electron chi connectivity index (χ2n) is 5.17. The molecule has 0 fully saturated rings. The quantitative estimate of drug-likeness (QED) is 0.823. The number of carbonyl (C=O) groups is 1. The molecule has 122 valence electrons. The van der Waals surface area contributed by atoms with E-state index in [1.807, 2.05) is 6.92 Å². The minimum atomic E-state index is -0.478. The van der Waals surface area contributed by atoms with E-state index in [9.17, 15) is 9.18 Å². The molecule has 1 unspecified atom stereocenters. The fourth-order valence-corrected chi connectivity index (χ4v) is 1.96. The van der Waals surface area contributed by atoms with Crippen LogP contribution in [0, 0.1) is 5.82 Å². The largest absolute Gasteiger partial charge is 0.439 e. The van der Waals surface area contributed by atoms with Crippen LogP contribution in [-0.4, -0.2) is 16.9 Å². The molecular weight excluding hydrogens is 297 g/mol. The first-order valence-corrected chi connectivity index (χ1v) is 7.50.